The molecule has 1 aromatic rings. The Balaban J connectivity index is 2.26. The molecule has 1 fully saturated rings. The van der Waals surface area contributed by atoms with Crippen LogP contribution in [-0.4, -0.2) is 67.4 Å². The zero-order valence-electron chi connectivity index (χ0n) is 17.2. The first-order valence-electron chi connectivity index (χ1n) is 9.27. The van der Waals surface area contributed by atoms with Gasteiger partial charge < -0.3 is 33.5 Å². The summed E-state index contributed by atoms with van der Waals surface area (Å²) in [7, 11) is 1.55. The van der Waals surface area contributed by atoms with Crippen LogP contribution in [0.15, 0.2) is 24.3 Å². The number of carbonyl (C=O) groups is 3. The van der Waals surface area contributed by atoms with Crippen molar-refractivity contribution in [2.24, 2.45) is 0 Å². The van der Waals surface area contributed by atoms with E-state index in [0.29, 0.717) is 5.75 Å². The minimum Gasteiger partial charge on any atom is -0.497 e. The fraction of sp³-hybridized carbons (Fsp3) is 0.550. The average Bonchev–Trinajstić information content (AvgIpc) is 2.68. The van der Waals surface area contributed by atoms with Crippen molar-refractivity contribution in [3.05, 3.63) is 29.8 Å². The van der Waals surface area contributed by atoms with Gasteiger partial charge in [0.1, 0.15) is 24.6 Å². The summed E-state index contributed by atoms with van der Waals surface area (Å²) < 4.78 is 31.9. The first-order valence-corrected chi connectivity index (χ1v) is 9.27. The van der Waals surface area contributed by atoms with Crippen LogP contribution in [0.5, 0.6) is 5.75 Å². The molecule has 0 bridgehead atoms. The molecule has 0 amide bonds. The Morgan fingerprint density at radius 3 is 2.07 bits per heavy atom. The van der Waals surface area contributed by atoms with Crippen LogP contribution in [0.4, 0.5) is 0 Å². The van der Waals surface area contributed by atoms with E-state index in [1.807, 2.05) is 0 Å². The Labute approximate surface area is 173 Å². The lowest BCUT2D eigenvalue weighted by atomic mass is 9.98. The number of ether oxygens (including phenoxy) is 6. The molecule has 10 heteroatoms. The molecule has 0 radical (unpaired) electrons. The van der Waals surface area contributed by atoms with E-state index in [4.69, 9.17) is 28.4 Å². The Morgan fingerprint density at radius 1 is 0.933 bits per heavy atom. The van der Waals surface area contributed by atoms with Gasteiger partial charge in [-0.05, 0) is 17.7 Å². The molecule has 0 aliphatic carbocycles. The van der Waals surface area contributed by atoms with E-state index in [1.165, 1.54) is 20.8 Å². The number of aliphatic hydroxyl groups is 1. The predicted octanol–water partition coefficient (Wildman–Crippen LogP) is 0.724. The van der Waals surface area contributed by atoms with E-state index in [2.05, 4.69) is 0 Å². The third-order valence-electron chi connectivity index (χ3n) is 4.27. The molecular weight excluding hydrogens is 400 g/mol. The topological polar surface area (TPSA) is 127 Å². The van der Waals surface area contributed by atoms with Gasteiger partial charge >= 0.3 is 17.9 Å². The second kappa shape index (κ2) is 10.9. The van der Waals surface area contributed by atoms with Crippen LogP contribution >= 0.6 is 0 Å². The monoisotopic (exact) mass is 426 g/mol. The maximum atomic E-state index is 11.7. The first kappa shape index (κ1) is 23.6. The number of hydrogen-bond donors (Lipinski definition) is 1. The van der Waals surface area contributed by atoms with E-state index < -0.39 is 48.6 Å². The molecule has 1 aliphatic rings. The standard InChI is InChI=1S/C20H26O10/c1-11(21)26-10-16-17(28-12(2)22)18(19(20(24)30-16)29-13(3)23)27-9-14-5-7-15(25-4)8-6-14/h5-8,16-20,24H,9-10H2,1-4H3/t16-,17+,18+,19-,20-/m1/s1. The lowest BCUT2D eigenvalue weighted by Crippen LogP contribution is -2.62. The summed E-state index contributed by atoms with van der Waals surface area (Å²) in [5.74, 6) is -1.24. The molecule has 1 saturated heterocycles. The van der Waals surface area contributed by atoms with Gasteiger partial charge in [-0.1, -0.05) is 12.1 Å². The Bertz CT molecular complexity index is 732. The predicted molar refractivity (Wildman–Crippen MR) is 100 cm³/mol. The van der Waals surface area contributed by atoms with E-state index >= 15 is 0 Å². The van der Waals surface area contributed by atoms with Crippen molar-refractivity contribution in [1.29, 1.82) is 0 Å². The van der Waals surface area contributed by atoms with Crippen molar-refractivity contribution in [3.8, 4) is 5.75 Å². The molecule has 0 unspecified atom stereocenters. The van der Waals surface area contributed by atoms with E-state index in [9.17, 15) is 19.5 Å². The Morgan fingerprint density at radius 2 is 1.53 bits per heavy atom. The maximum absolute atomic E-state index is 11.7. The third-order valence-corrected chi connectivity index (χ3v) is 4.27. The van der Waals surface area contributed by atoms with Crippen LogP contribution in [-0.2, 0) is 44.7 Å². The highest BCUT2D eigenvalue weighted by molar-refractivity contribution is 5.67. The number of benzene rings is 1. The second-order valence-corrected chi connectivity index (χ2v) is 6.64. The number of hydrogen-bond acceptors (Lipinski definition) is 10. The van der Waals surface area contributed by atoms with Gasteiger partial charge in [0.15, 0.2) is 18.5 Å². The SMILES string of the molecule is COc1ccc(CO[C@@H]2[C@@H](OC(C)=O)[C@H](O)O[C@H](COC(C)=O)[C@@H]2OC(C)=O)cc1. The molecule has 10 nitrogen and oxygen atoms in total. The van der Waals surface area contributed by atoms with Gasteiger partial charge in [-0.3, -0.25) is 14.4 Å². The summed E-state index contributed by atoms with van der Waals surface area (Å²) in [5, 5.41) is 10.4. The van der Waals surface area contributed by atoms with Crippen LogP contribution in [0.25, 0.3) is 0 Å². The van der Waals surface area contributed by atoms with E-state index in [1.54, 1.807) is 31.4 Å². The second-order valence-electron chi connectivity index (χ2n) is 6.64. The minimum absolute atomic E-state index is 0.0528. The molecule has 0 saturated carbocycles. The van der Waals surface area contributed by atoms with E-state index in [-0.39, 0.29) is 13.2 Å². The highest BCUT2D eigenvalue weighted by Gasteiger charge is 2.50. The third kappa shape index (κ3) is 6.68. The molecule has 0 aromatic heterocycles. The molecule has 2 rings (SSSR count). The highest BCUT2D eigenvalue weighted by Crippen LogP contribution is 2.29. The largest absolute Gasteiger partial charge is 0.497 e. The summed E-state index contributed by atoms with van der Waals surface area (Å²) in [5.41, 5.74) is 0.761. The van der Waals surface area contributed by atoms with Gasteiger partial charge in [0, 0.05) is 20.8 Å². The van der Waals surface area contributed by atoms with Crippen molar-refractivity contribution in [2.45, 2.75) is 58.1 Å². The van der Waals surface area contributed by atoms with Crippen LogP contribution in [0, 0.1) is 0 Å². The van der Waals surface area contributed by atoms with Crippen molar-refractivity contribution in [3.63, 3.8) is 0 Å². The van der Waals surface area contributed by atoms with Gasteiger partial charge in [-0.15, -0.1) is 0 Å². The summed E-state index contributed by atoms with van der Waals surface area (Å²) in [6, 6.07) is 7.03. The Hall–Kier alpha value is -2.69. The molecule has 5 atom stereocenters. The zero-order valence-corrected chi connectivity index (χ0v) is 17.2. The van der Waals surface area contributed by atoms with Crippen molar-refractivity contribution in [1.82, 2.24) is 0 Å². The lowest BCUT2D eigenvalue weighted by Gasteiger charge is -2.43. The van der Waals surface area contributed by atoms with Gasteiger partial charge in [0.25, 0.3) is 0 Å². The summed E-state index contributed by atoms with van der Waals surface area (Å²) in [6.45, 7) is 3.32. The van der Waals surface area contributed by atoms with Crippen molar-refractivity contribution < 1.29 is 47.9 Å². The van der Waals surface area contributed by atoms with Gasteiger partial charge in [-0.25, -0.2) is 0 Å². The lowest BCUT2D eigenvalue weighted by molar-refractivity contribution is -0.302. The number of aliphatic hydroxyl groups excluding tert-OH is 1. The molecule has 1 aliphatic heterocycles. The van der Waals surface area contributed by atoms with Crippen LogP contribution in [0.3, 0.4) is 0 Å². The maximum Gasteiger partial charge on any atom is 0.303 e. The van der Waals surface area contributed by atoms with Gasteiger partial charge in [-0.2, -0.15) is 0 Å². The summed E-state index contributed by atoms with van der Waals surface area (Å²) >= 11 is 0. The van der Waals surface area contributed by atoms with Crippen LogP contribution < -0.4 is 4.74 Å². The summed E-state index contributed by atoms with van der Waals surface area (Å²) in [6.07, 6.45) is -6.06. The van der Waals surface area contributed by atoms with Gasteiger partial charge in [0.2, 0.25) is 0 Å². The van der Waals surface area contributed by atoms with Crippen LogP contribution in [0.2, 0.25) is 0 Å². The van der Waals surface area contributed by atoms with Crippen LogP contribution in [0.1, 0.15) is 26.3 Å². The summed E-state index contributed by atoms with van der Waals surface area (Å²) in [4.78, 5) is 34.4. The molecule has 1 heterocycles. The van der Waals surface area contributed by atoms with Crippen molar-refractivity contribution >= 4 is 17.9 Å². The molecular formula is C20H26O10. The normalized spacial score (nSPS) is 25.8. The number of carbonyl (C=O) groups excluding carboxylic acids is 3. The molecule has 30 heavy (non-hydrogen) atoms. The van der Waals surface area contributed by atoms with E-state index in [0.717, 1.165) is 5.56 Å². The zero-order chi connectivity index (χ0) is 22.3. The number of methoxy groups -OCH3 is 1. The highest BCUT2D eigenvalue weighted by atomic mass is 16.7. The first-order chi connectivity index (χ1) is 14.2. The smallest absolute Gasteiger partial charge is 0.303 e. The number of rotatable bonds is 8. The average molecular weight is 426 g/mol. The molecule has 166 valence electrons. The molecule has 1 N–H and O–H groups in total. The number of esters is 3. The fourth-order valence-electron chi connectivity index (χ4n) is 2.98. The fourth-order valence-corrected chi connectivity index (χ4v) is 2.98. The van der Waals surface area contributed by atoms with Crippen molar-refractivity contribution in [2.75, 3.05) is 13.7 Å². The molecule has 0 spiro atoms. The quantitative estimate of drug-likeness (QED) is 0.469. The van der Waals surface area contributed by atoms with Gasteiger partial charge in [0.05, 0.1) is 13.7 Å². The minimum atomic E-state index is -1.58. The Kier molecular flexibility index (Phi) is 8.58. The molecule has 1 aromatic carbocycles.